The molecule has 0 bridgehead atoms. The highest BCUT2D eigenvalue weighted by Gasteiger charge is 2.36. The third-order valence-corrected chi connectivity index (χ3v) is 13.3. The SMILES string of the molecule is CC(C)Oc1c(-c2cn[nH]c2)ncn2nc(Nc3ccc(S(=O)(=O)N(C)CCCN4CCC(c5cccc6c5n(C)c(=O)n6C5CCC(=O)N(C)C5=O)CC4)cc3F)nc12. The van der Waals surface area contributed by atoms with Crippen molar-refractivity contribution in [3.63, 3.8) is 0 Å². The maximum atomic E-state index is 15.5. The Morgan fingerprint density at radius 3 is 2.58 bits per heavy atom. The summed E-state index contributed by atoms with van der Waals surface area (Å²) in [6.45, 7) is 6.23. The largest absolute Gasteiger partial charge is 0.485 e. The fourth-order valence-electron chi connectivity index (χ4n) is 8.22. The summed E-state index contributed by atoms with van der Waals surface area (Å²) in [6, 6.07) is 8.77. The average Bonchev–Trinajstić information content (AvgIpc) is 3.97. The summed E-state index contributed by atoms with van der Waals surface area (Å²) in [4.78, 5) is 50.9. The van der Waals surface area contributed by atoms with Crippen LogP contribution in [0.5, 0.6) is 5.75 Å². The number of anilines is 2. The number of nitrogens with one attached hydrogen (secondary N) is 2. The van der Waals surface area contributed by atoms with Gasteiger partial charge in [0.15, 0.2) is 5.75 Å². The van der Waals surface area contributed by atoms with Crippen molar-refractivity contribution in [3.05, 3.63) is 77.0 Å². The lowest BCUT2D eigenvalue weighted by Gasteiger charge is -2.33. The molecule has 2 N–H and O–H groups in total. The highest BCUT2D eigenvalue weighted by atomic mass is 32.2. The number of hydrogen-bond acceptors (Lipinski definition) is 12. The molecule has 8 rings (SSSR count). The zero-order valence-corrected chi connectivity index (χ0v) is 34.8. The fraction of sp³-hybridized carbons (Fsp3) is 0.425. The number of sulfonamides is 1. The molecule has 0 saturated carbocycles. The van der Waals surface area contributed by atoms with Crippen LogP contribution in [0.2, 0.25) is 0 Å². The smallest absolute Gasteiger partial charge is 0.329 e. The molecule has 316 valence electrons. The van der Waals surface area contributed by atoms with Crippen molar-refractivity contribution >= 4 is 50.2 Å². The van der Waals surface area contributed by atoms with Crippen LogP contribution in [-0.2, 0) is 26.7 Å². The van der Waals surface area contributed by atoms with Gasteiger partial charge in [-0.25, -0.2) is 26.9 Å². The normalized spacial score (nSPS) is 17.2. The van der Waals surface area contributed by atoms with Crippen LogP contribution < -0.4 is 15.7 Å². The minimum absolute atomic E-state index is 0.00821. The summed E-state index contributed by atoms with van der Waals surface area (Å²) in [5, 5.41) is 14.0. The Labute approximate surface area is 345 Å². The van der Waals surface area contributed by atoms with Crippen molar-refractivity contribution in [2.24, 2.45) is 7.05 Å². The zero-order chi connectivity index (χ0) is 42.5. The van der Waals surface area contributed by atoms with Gasteiger partial charge in [0.05, 0.1) is 33.9 Å². The molecule has 6 heterocycles. The van der Waals surface area contributed by atoms with E-state index < -0.39 is 21.9 Å². The van der Waals surface area contributed by atoms with E-state index in [1.807, 2.05) is 32.0 Å². The van der Waals surface area contributed by atoms with Crippen molar-refractivity contribution in [2.75, 3.05) is 45.6 Å². The lowest BCUT2D eigenvalue weighted by atomic mass is 9.88. The number of para-hydroxylation sites is 1. The average molecular weight is 843 g/mol. The van der Waals surface area contributed by atoms with Crippen LogP contribution in [0.3, 0.4) is 0 Å². The van der Waals surface area contributed by atoms with Gasteiger partial charge in [-0.1, -0.05) is 12.1 Å². The van der Waals surface area contributed by atoms with Gasteiger partial charge in [-0.3, -0.25) is 28.7 Å². The number of aryl methyl sites for hydroxylation is 1. The molecule has 0 radical (unpaired) electrons. The summed E-state index contributed by atoms with van der Waals surface area (Å²) < 4.78 is 54.4. The van der Waals surface area contributed by atoms with Crippen LogP contribution in [0.1, 0.15) is 63.5 Å². The molecule has 4 aromatic heterocycles. The van der Waals surface area contributed by atoms with E-state index in [4.69, 9.17) is 4.74 Å². The molecule has 2 amide bonds. The molecule has 2 aliphatic heterocycles. The molecule has 0 spiro atoms. The molecule has 1 atom stereocenters. The number of nitrogens with zero attached hydrogens (tertiary/aromatic N) is 10. The van der Waals surface area contributed by atoms with Gasteiger partial charge in [-0.05, 0) is 94.9 Å². The molecule has 0 aliphatic carbocycles. The summed E-state index contributed by atoms with van der Waals surface area (Å²) >= 11 is 0. The Kier molecular flexibility index (Phi) is 11.0. The molecule has 2 aromatic carbocycles. The molecule has 20 heteroatoms. The molecular weight excluding hydrogens is 796 g/mol. The number of ether oxygens (including phenoxy) is 1. The number of rotatable bonds is 13. The zero-order valence-electron chi connectivity index (χ0n) is 34.0. The van der Waals surface area contributed by atoms with E-state index in [9.17, 15) is 22.8 Å². The Morgan fingerprint density at radius 2 is 1.87 bits per heavy atom. The van der Waals surface area contributed by atoms with E-state index >= 15 is 4.39 Å². The number of aromatic amines is 1. The minimum atomic E-state index is -4.00. The van der Waals surface area contributed by atoms with Gasteiger partial charge in [0.2, 0.25) is 27.5 Å². The van der Waals surface area contributed by atoms with Gasteiger partial charge < -0.3 is 15.0 Å². The number of amides is 2. The van der Waals surface area contributed by atoms with Crippen LogP contribution in [0.4, 0.5) is 16.0 Å². The quantitative estimate of drug-likeness (QED) is 0.159. The van der Waals surface area contributed by atoms with Crippen molar-refractivity contribution in [1.29, 1.82) is 0 Å². The predicted molar refractivity (Wildman–Crippen MR) is 220 cm³/mol. The third kappa shape index (κ3) is 7.54. The molecule has 2 saturated heterocycles. The Bertz CT molecular complexity index is 2760. The maximum absolute atomic E-state index is 15.5. The number of likely N-dealkylation sites (tertiary alicyclic amines) is 2. The molecule has 1 unspecified atom stereocenters. The van der Waals surface area contributed by atoms with E-state index in [1.54, 1.807) is 28.6 Å². The second-order valence-electron chi connectivity index (χ2n) is 15.6. The number of benzene rings is 2. The number of H-pyrrole nitrogens is 1. The number of piperidine rings is 2. The molecule has 18 nitrogen and oxygen atoms in total. The Hall–Kier alpha value is -5.99. The first-order valence-corrected chi connectivity index (χ1v) is 21.3. The van der Waals surface area contributed by atoms with Crippen molar-refractivity contribution < 1.29 is 27.1 Å². The standard InChI is InChI=1S/C40H47FN12O6S/c1-24(2)59-36-34(26-21-43-44-22-26)42-23-52-37(36)46-39(47-52)45-30-11-10-27(20-29(30)41)60(57,58)48(3)16-7-17-51-18-14-25(15-19-51)28-8-6-9-31-35(28)50(5)40(56)53(31)32-12-13-33(54)49(4)38(32)55/h6,8-11,20-25,32H,7,12-19H2,1-5H3,(H,43,44)(H,45,47). The van der Waals surface area contributed by atoms with Crippen molar-refractivity contribution in [1.82, 2.24) is 53.0 Å². The first-order valence-electron chi connectivity index (χ1n) is 19.9. The second-order valence-corrected chi connectivity index (χ2v) is 17.7. The number of fused-ring (bicyclic) bond motifs is 2. The van der Waals surface area contributed by atoms with E-state index in [-0.39, 0.29) is 65.4 Å². The number of halogens is 1. The highest BCUT2D eigenvalue weighted by Crippen LogP contribution is 2.36. The minimum Gasteiger partial charge on any atom is -0.485 e. The van der Waals surface area contributed by atoms with Crippen molar-refractivity contribution in [3.8, 4) is 17.0 Å². The summed E-state index contributed by atoms with van der Waals surface area (Å²) in [6.07, 6.45) is 7.29. The molecule has 6 aromatic rings. The van der Waals surface area contributed by atoms with Crippen LogP contribution in [-0.4, -0.2) is 120 Å². The number of likely N-dealkylation sites (N-methyl/N-ethyl adjacent to an activating group) is 1. The number of imide groups is 1. The van der Waals surface area contributed by atoms with Crippen LogP contribution >= 0.6 is 0 Å². The topological polar surface area (TPSA) is 198 Å². The summed E-state index contributed by atoms with van der Waals surface area (Å²) in [5.74, 6) is -0.784. The van der Waals surface area contributed by atoms with E-state index in [2.05, 4.69) is 35.5 Å². The Balaban J connectivity index is 0.878. The van der Waals surface area contributed by atoms with Gasteiger partial charge in [-0.2, -0.15) is 14.6 Å². The van der Waals surface area contributed by atoms with Gasteiger partial charge in [0.25, 0.3) is 5.91 Å². The maximum Gasteiger partial charge on any atom is 0.329 e. The van der Waals surface area contributed by atoms with Crippen LogP contribution in [0.25, 0.3) is 27.9 Å². The van der Waals surface area contributed by atoms with Gasteiger partial charge in [-0.15, -0.1) is 5.10 Å². The number of carbonyl (C=O) groups excluding carboxylic acids is 2. The van der Waals surface area contributed by atoms with Crippen LogP contribution in [0, 0.1) is 5.82 Å². The van der Waals surface area contributed by atoms with Crippen LogP contribution in [0.15, 0.2) is 64.8 Å². The highest BCUT2D eigenvalue weighted by molar-refractivity contribution is 7.89. The van der Waals surface area contributed by atoms with Crippen molar-refractivity contribution in [2.45, 2.75) is 68.9 Å². The predicted octanol–water partition coefficient (Wildman–Crippen LogP) is 4.05. The number of aromatic nitrogens is 8. The van der Waals surface area contributed by atoms with E-state index in [1.165, 1.54) is 41.4 Å². The first kappa shape index (κ1) is 40.8. The van der Waals surface area contributed by atoms with E-state index in [0.29, 0.717) is 41.1 Å². The third-order valence-electron chi connectivity index (χ3n) is 11.4. The monoisotopic (exact) mass is 842 g/mol. The van der Waals surface area contributed by atoms with Gasteiger partial charge >= 0.3 is 5.69 Å². The molecule has 60 heavy (non-hydrogen) atoms. The lowest BCUT2D eigenvalue weighted by Crippen LogP contribution is -2.45. The number of imidazole rings is 1. The fourth-order valence-corrected chi connectivity index (χ4v) is 9.44. The first-order chi connectivity index (χ1) is 28.7. The Morgan fingerprint density at radius 1 is 1.08 bits per heavy atom. The van der Waals surface area contributed by atoms with E-state index in [0.717, 1.165) is 48.0 Å². The summed E-state index contributed by atoms with van der Waals surface area (Å²) in [7, 11) is 0.676. The molecule has 2 aliphatic rings. The lowest BCUT2D eigenvalue weighted by molar-refractivity contribution is -0.149. The molecular formula is C40H47FN12O6S. The second kappa shape index (κ2) is 16.2. The number of carbonyl (C=O) groups is 2. The summed E-state index contributed by atoms with van der Waals surface area (Å²) in [5.41, 5.74) is 3.80. The van der Waals surface area contributed by atoms with Gasteiger partial charge in [0, 0.05) is 45.9 Å². The number of hydrogen-bond donors (Lipinski definition) is 2. The van der Waals surface area contributed by atoms with Gasteiger partial charge in [0.1, 0.15) is 23.9 Å². The molecule has 2 fully saturated rings.